The van der Waals surface area contributed by atoms with Gasteiger partial charge in [0.15, 0.2) is 0 Å². The summed E-state index contributed by atoms with van der Waals surface area (Å²) in [7, 11) is 0. The second kappa shape index (κ2) is 8.97. The number of carbonyl (C=O) groups excluding carboxylic acids is 2. The van der Waals surface area contributed by atoms with E-state index in [0.717, 1.165) is 22.3 Å². The van der Waals surface area contributed by atoms with Gasteiger partial charge in [0.05, 0.1) is 18.7 Å². The lowest BCUT2D eigenvalue weighted by Crippen LogP contribution is -2.53. The molecule has 5 rings (SSSR count). The van der Waals surface area contributed by atoms with E-state index in [0.29, 0.717) is 5.69 Å². The Labute approximate surface area is 195 Å². The smallest absolute Gasteiger partial charge is 0.407 e. The average Bonchev–Trinajstić information content (AvgIpc) is 3.37. The van der Waals surface area contributed by atoms with Crippen LogP contribution in [0.5, 0.6) is 0 Å². The van der Waals surface area contributed by atoms with Crippen LogP contribution in [0.15, 0.2) is 54.7 Å². The van der Waals surface area contributed by atoms with Crippen molar-refractivity contribution < 1.29 is 24.2 Å². The maximum atomic E-state index is 12.3. The Morgan fingerprint density at radius 1 is 1.03 bits per heavy atom. The fourth-order valence-electron chi connectivity index (χ4n) is 4.39. The highest BCUT2D eigenvalue weighted by molar-refractivity contribution is 5.81. The molecule has 1 aromatic heterocycles. The van der Waals surface area contributed by atoms with Crippen molar-refractivity contribution in [2.24, 2.45) is 5.92 Å². The van der Waals surface area contributed by atoms with Gasteiger partial charge in [-0.15, -0.1) is 5.10 Å². The minimum Gasteiger partial charge on any atom is -0.481 e. The lowest BCUT2D eigenvalue weighted by atomic mass is 9.98. The SMILES string of the molecule is O=C(NCc1cn(CC(=O)N2CC(C(=O)O)C2)nn1)OCC1c2ccccc2-c2ccccc21. The Morgan fingerprint density at radius 3 is 2.32 bits per heavy atom. The van der Waals surface area contributed by atoms with E-state index in [2.05, 4.69) is 39.9 Å². The Bertz CT molecular complexity index is 1200. The molecule has 1 fully saturated rings. The Morgan fingerprint density at radius 2 is 1.68 bits per heavy atom. The van der Waals surface area contributed by atoms with Crippen molar-refractivity contribution in [3.8, 4) is 11.1 Å². The zero-order valence-electron chi connectivity index (χ0n) is 18.3. The second-order valence-corrected chi connectivity index (χ2v) is 8.42. The quantitative estimate of drug-likeness (QED) is 0.550. The predicted molar refractivity (Wildman–Crippen MR) is 120 cm³/mol. The molecule has 10 nitrogen and oxygen atoms in total. The Balaban J connectivity index is 1.11. The molecule has 2 amide bonds. The molecule has 1 saturated heterocycles. The van der Waals surface area contributed by atoms with Gasteiger partial charge in [-0.3, -0.25) is 9.59 Å². The lowest BCUT2D eigenvalue weighted by Gasteiger charge is -2.36. The minimum absolute atomic E-state index is 0.0210. The highest BCUT2D eigenvalue weighted by Crippen LogP contribution is 2.44. The summed E-state index contributed by atoms with van der Waals surface area (Å²) in [5, 5.41) is 19.4. The van der Waals surface area contributed by atoms with E-state index < -0.39 is 18.0 Å². The van der Waals surface area contributed by atoms with Crippen LogP contribution in [0.1, 0.15) is 22.7 Å². The fourth-order valence-corrected chi connectivity index (χ4v) is 4.39. The number of benzene rings is 2. The van der Waals surface area contributed by atoms with Gasteiger partial charge in [0, 0.05) is 19.0 Å². The number of likely N-dealkylation sites (tertiary alicyclic amines) is 1. The van der Waals surface area contributed by atoms with Gasteiger partial charge in [0.2, 0.25) is 5.91 Å². The molecule has 2 heterocycles. The normalized spacial score (nSPS) is 14.8. The molecular formula is C24H23N5O5. The summed E-state index contributed by atoms with van der Waals surface area (Å²) in [6.07, 6.45) is 1.00. The van der Waals surface area contributed by atoms with Gasteiger partial charge in [-0.05, 0) is 22.3 Å². The number of hydrogen-bond acceptors (Lipinski definition) is 6. The van der Waals surface area contributed by atoms with E-state index in [4.69, 9.17) is 9.84 Å². The molecule has 174 valence electrons. The summed E-state index contributed by atoms with van der Waals surface area (Å²) in [5.74, 6) is -1.64. The molecule has 0 saturated carbocycles. The van der Waals surface area contributed by atoms with Gasteiger partial charge in [-0.2, -0.15) is 0 Å². The monoisotopic (exact) mass is 461 g/mol. The first kappa shape index (κ1) is 21.6. The summed E-state index contributed by atoms with van der Waals surface area (Å²) in [6, 6.07) is 16.2. The number of ether oxygens (including phenoxy) is 1. The fraction of sp³-hybridized carbons (Fsp3) is 0.292. The van der Waals surface area contributed by atoms with Crippen molar-refractivity contribution >= 4 is 18.0 Å². The number of aliphatic carboxylic acids is 1. The van der Waals surface area contributed by atoms with Crippen LogP contribution in [-0.4, -0.2) is 62.7 Å². The molecule has 0 unspecified atom stereocenters. The van der Waals surface area contributed by atoms with Gasteiger partial charge >= 0.3 is 12.1 Å². The van der Waals surface area contributed by atoms with Crippen molar-refractivity contribution in [2.75, 3.05) is 19.7 Å². The molecule has 0 spiro atoms. The van der Waals surface area contributed by atoms with Gasteiger partial charge in [-0.1, -0.05) is 53.7 Å². The van der Waals surface area contributed by atoms with Crippen molar-refractivity contribution in [3.63, 3.8) is 0 Å². The van der Waals surface area contributed by atoms with Crippen LogP contribution in [0.3, 0.4) is 0 Å². The number of rotatable bonds is 7. The number of alkyl carbamates (subject to hydrolysis) is 1. The summed E-state index contributed by atoms with van der Waals surface area (Å²) >= 11 is 0. The number of carbonyl (C=O) groups is 3. The van der Waals surface area contributed by atoms with Gasteiger partial charge < -0.3 is 20.1 Å². The molecule has 2 aliphatic rings. The number of carboxylic acid groups (broad SMARTS) is 1. The van der Waals surface area contributed by atoms with Gasteiger partial charge in [-0.25, -0.2) is 9.48 Å². The lowest BCUT2D eigenvalue weighted by molar-refractivity contribution is -0.153. The number of aromatic nitrogens is 3. The molecule has 1 aliphatic heterocycles. The average molecular weight is 461 g/mol. The topological polar surface area (TPSA) is 127 Å². The molecule has 2 aromatic carbocycles. The zero-order chi connectivity index (χ0) is 23.7. The van der Waals surface area contributed by atoms with Crippen LogP contribution in [-0.2, 0) is 27.4 Å². The minimum atomic E-state index is -0.897. The first-order valence-corrected chi connectivity index (χ1v) is 11.0. The van der Waals surface area contributed by atoms with Crippen LogP contribution < -0.4 is 5.32 Å². The van der Waals surface area contributed by atoms with E-state index >= 15 is 0 Å². The van der Waals surface area contributed by atoms with Gasteiger partial charge in [0.1, 0.15) is 18.8 Å². The Kier molecular flexibility index (Phi) is 5.70. The first-order valence-electron chi connectivity index (χ1n) is 11.0. The summed E-state index contributed by atoms with van der Waals surface area (Å²) < 4.78 is 6.87. The summed E-state index contributed by atoms with van der Waals surface area (Å²) in [5.41, 5.74) is 5.08. The van der Waals surface area contributed by atoms with Crippen LogP contribution >= 0.6 is 0 Å². The third-order valence-corrected chi connectivity index (χ3v) is 6.22. The van der Waals surface area contributed by atoms with E-state index in [9.17, 15) is 14.4 Å². The van der Waals surface area contributed by atoms with Crippen LogP contribution in [0.2, 0.25) is 0 Å². The molecule has 3 aromatic rings. The number of amides is 2. The van der Waals surface area contributed by atoms with E-state index in [1.807, 2.05) is 24.3 Å². The number of carboxylic acids is 1. The van der Waals surface area contributed by atoms with Crippen LogP contribution in [0.25, 0.3) is 11.1 Å². The Hall–Kier alpha value is -4.21. The molecule has 1 aliphatic carbocycles. The molecule has 34 heavy (non-hydrogen) atoms. The highest BCUT2D eigenvalue weighted by Gasteiger charge is 2.35. The van der Waals surface area contributed by atoms with E-state index in [1.54, 1.807) is 6.20 Å². The summed E-state index contributed by atoms with van der Waals surface area (Å²) in [4.78, 5) is 36.8. The third kappa shape index (κ3) is 4.21. The number of nitrogens with one attached hydrogen (secondary N) is 1. The van der Waals surface area contributed by atoms with Crippen LogP contribution in [0, 0.1) is 5.92 Å². The molecule has 2 N–H and O–H groups in total. The molecule has 0 bridgehead atoms. The van der Waals surface area contributed by atoms with Gasteiger partial charge in [0.25, 0.3) is 0 Å². The standard InChI is InChI=1S/C24H23N5O5/c30-22(28-10-15(11-28)23(31)32)13-29-12-16(26-27-29)9-25-24(33)34-14-21-19-7-3-1-5-17(19)18-6-2-4-8-20(18)21/h1-8,12,15,21H,9-11,13-14H2,(H,25,33)(H,31,32). The second-order valence-electron chi connectivity index (χ2n) is 8.42. The zero-order valence-corrected chi connectivity index (χ0v) is 18.3. The van der Waals surface area contributed by atoms with E-state index in [1.165, 1.54) is 9.58 Å². The predicted octanol–water partition coefficient (Wildman–Crippen LogP) is 1.86. The summed E-state index contributed by atoms with van der Waals surface area (Å²) in [6.45, 7) is 0.701. The van der Waals surface area contributed by atoms with Crippen molar-refractivity contribution in [2.45, 2.75) is 19.0 Å². The van der Waals surface area contributed by atoms with Crippen LogP contribution in [0.4, 0.5) is 4.79 Å². The van der Waals surface area contributed by atoms with Crippen molar-refractivity contribution in [1.29, 1.82) is 0 Å². The molecule has 0 atom stereocenters. The maximum absolute atomic E-state index is 12.3. The molecular weight excluding hydrogens is 438 g/mol. The van der Waals surface area contributed by atoms with Crippen molar-refractivity contribution in [1.82, 2.24) is 25.2 Å². The third-order valence-electron chi connectivity index (χ3n) is 6.22. The highest BCUT2D eigenvalue weighted by atomic mass is 16.5. The first-order chi connectivity index (χ1) is 16.5. The number of hydrogen-bond donors (Lipinski definition) is 2. The largest absolute Gasteiger partial charge is 0.481 e. The molecule has 10 heteroatoms. The van der Waals surface area contributed by atoms with E-state index in [-0.39, 0.29) is 44.6 Å². The number of nitrogens with zero attached hydrogens (tertiary/aromatic N) is 4. The number of fused-ring (bicyclic) bond motifs is 3. The molecule has 0 radical (unpaired) electrons. The maximum Gasteiger partial charge on any atom is 0.407 e. The van der Waals surface area contributed by atoms with Crippen molar-refractivity contribution in [3.05, 3.63) is 71.5 Å².